The van der Waals surface area contributed by atoms with Gasteiger partial charge >= 0.3 is 0 Å². The van der Waals surface area contributed by atoms with Gasteiger partial charge < -0.3 is 0 Å². The molecule has 0 bridgehead atoms. The number of hydrogen-bond acceptors (Lipinski definition) is 0. The van der Waals surface area contributed by atoms with Crippen LogP contribution in [0.1, 0.15) is 53.4 Å². The first-order valence-corrected chi connectivity index (χ1v) is 7.03. The molecule has 3 unspecified atom stereocenters. The zero-order chi connectivity index (χ0) is 10.8. The lowest BCUT2D eigenvalue weighted by Gasteiger charge is -2.28. The largest absolute Gasteiger partial charge is 0.0622 e. The molecule has 0 radical (unpaired) electrons. The molecule has 3 aliphatic carbocycles. The van der Waals surface area contributed by atoms with Crippen LogP contribution < -0.4 is 0 Å². The van der Waals surface area contributed by atoms with Crippen LogP contribution in [0.25, 0.3) is 0 Å². The number of hydrogen-bond donors (Lipinski definition) is 0. The van der Waals surface area contributed by atoms with Gasteiger partial charge in [0.05, 0.1) is 0 Å². The standard InChI is InChI=1S/C15H26/c1-9-6-8-12-14(15(12,3)4)13-10(2)5-7-11(9)13/h9-14H,5-8H2,1-4H3/t9-,10?,11?,12+,13?,14-/m0/s1. The molecule has 86 valence electrons. The highest BCUT2D eigenvalue weighted by molar-refractivity contribution is 5.12. The molecule has 0 heteroatoms. The highest BCUT2D eigenvalue weighted by Gasteiger charge is 2.64. The monoisotopic (exact) mass is 206 g/mol. The molecule has 0 aliphatic heterocycles. The Morgan fingerprint density at radius 2 is 1.53 bits per heavy atom. The molecule has 3 saturated carbocycles. The van der Waals surface area contributed by atoms with E-state index in [2.05, 4.69) is 27.7 Å². The molecule has 3 fully saturated rings. The van der Waals surface area contributed by atoms with Gasteiger partial charge in [0.1, 0.15) is 0 Å². The van der Waals surface area contributed by atoms with Gasteiger partial charge in [-0.2, -0.15) is 0 Å². The molecular weight excluding hydrogens is 180 g/mol. The third-order valence-electron chi connectivity index (χ3n) is 6.32. The summed E-state index contributed by atoms with van der Waals surface area (Å²) in [5, 5.41) is 0. The van der Waals surface area contributed by atoms with Crippen molar-refractivity contribution in [3.05, 3.63) is 0 Å². The summed E-state index contributed by atoms with van der Waals surface area (Å²) in [7, 11) is 0. The zero-order valence-electron chi connectivity index (χ0n) is 10.8. The fraction of sp³-hybridized carbons (Fsp3) is 1.00. The van der Waals surface area contributed by atoms with E-state index in [1.807, 2.05) is 0 Å². The second-order valence-electron chi connectivity index (χ2n) is 7.30. The molecule has 0 nitrogen and oxygen atoms in total. The lowest BCUT2D eigenvalue weighted by atomic mass is 9.77. The average Bonchev–Trinajstić information content (AvgIpc) is 2.55. The molecule has 0 saturated heterocycles. The van der Waals surface area contributed by atoms with Crippen LogP contribution in [0.5, 0.6) is 0 Å². The van der Waals surface area contributed by atoms with Crippen molar-refractivity contribution in [3.63, 3.8) is 0 Å². The molecule has 0 aromatic carbocycles. The maximum Gasteiger partial charge on any atom is -0.0289 e. The van der Waals surface area contributed by atoms with E-state index in [4.69, 9.17) is 0 Å². The quantitative estimate of drug-likeness (QED) is 0.553. The predicted molar refractivity (Wildman–Crippen MR) is 64.5 cm³/mol. The molecule has 0 N–H and O–H groups in total. The second kappa shape index (κ2) is 3.02. The molecule has 0 heterocycles. The molecule has 6 atom stereocenters. The minimum absolute atomic E-state index is 0.696. The first-order chi connectivity index (χ1) is 7.03. The van der Waals surface area contributed by atoms with Crippen molar-refractivity contribution in [3.8, 4) is 0 Å². The highest BCUT2D eigenvalue weighted by Crippen LogP contribution is 2.70. The fourth-order valence-electron chi connectivity index (χ4n) is 5.31. The van der Waals surface area contributed by atoms with Crippen LogP contribution in [-0.4, -0.2) is 0 Å². The minimum atomic E-state index is 0.696. The first-order valence-electron chi connectivity index (χ1n) is 7.03. The number of rotatable bonds is 0. The Bertz CT molecular complexity index is 265. The summed E-state index contributed by atoms with van der Waals surface area (Å²) in [6.07, 6.45) is 6.09. The Morgan fingerprint density at radius 1 is 0.867 bits per heavy atom. The van der Waals surface area contributed by atoms with Crippen LogP contribution in [0, 0.1) is 40.9 Å². The van der Waals surface area contributed by atoms with Gasteiger partial charge in [-0.3, -0.25) is 0 Å². The van der Waals surface area contributed by atoms with Gasteiger partial charge in [-0.25, -0.2) is 0 Å². The molecule has 3 rings (SSSR count). The van der Waals surface area contributed by atoms with Gasteiger partial charge in [-0.1, -0.05) is 40.5 Å². The Kier molecular flexibility index (Phi) is 2.05. The van der Waals surface area contributed by atoms with Crippen LogP contribution in [0.15, 0.2) is 0 Å². The van der Waals surface area contributed by atoms with Crippen molar-refractivity contribution in [2.45, 2.75) is 53.4 Å². The Balaban J connectivity index is 1.90. The van der Waals surface area contributed by atoms with Gasteiger partial charge in [0.15, 0.2) is 0 Å². The van der Waals surface area contributed by atoms with E-state index >= 15 is 0 Å². The fourth-order valence-corrected chi connectivity index (χ4v) is 5.31. The van der Waals surface area contributed by atoms with Crippen LogP contribution in [0.2, 0.25) is 0 Å². The average molecular weight is 206 g/mol. The summed E-state index contributed by atoms with van der Waals surface area (Å²) in [6, 6.07) is 0. The van der Waals surface area contributed by atoms with Gasteiger partial charge in [-0.05, 0) is 53.8 Å². The van der Waals surface area contributed by atoms with Crippen molar-refractivity contribution in [1.29, 1.82) is 0 Å². The van der Waals surface area contributed by atoms with E-state index in [0.29, 0.717) is 5.41 Å². The number of fused-ring (bicyclic) bond motifs is 3. The van der Waals surface area contributed by atoms with E-state index < -0.39 is 0 Å². The zero-order valence-corrected chi connectivity index (χ0v) is 10.8. The smallest absolute Gasteiger partial charge is 0.0289 e. The second-order valence-corrected chi connectivity index (χ2v) is 7.30. The van der Waals surface area contributed by atoms with E-state index in [1.54, 1.807) is 0 Å². The van der Waals surface area contributed by atoms with E-state index in [-0.39, 0.29) is 0 Å². The van der Waals surface area contributed by atoms with Gasteiger partial charge in [0.25, 0.3) is 0 Å². The van der Waals surface area contributed by atoms with Crippen molar-refractivity contribution in [2.75, 3.05) is 0 Å². The maximum atomic E-state index is 2.53. The van der Waals surface area contributed by atoms with Gasteiger partial charge in [0, 0.05) is 0 Å². The van der Waals surface area contributed by atoms with Crippen LogP contribution in [0.4, 0.5) is 0 Å². The Morgan fingerprint density at radius 3 is 2.27 bits per heavy atom. The Labute approximate surface area is 94.8 Å². The molecule has 0 spiro atoms. The van der Waals surface area contributed by atoms with Crippen molar-refractivity contribution < 1.29 is 0 Å². The summed E-state index contributed by atoms with van der Waals surface area (Å²) in [4.78, 5) is 0. The van der Waals surface area contributed by atoms with Crippen LogP contribution in [-0.2, 0) is 0 Å². The molecule has 0 aromatic rings. The maximum absolute atomic E-state index is 2.53. The summed E-state index contributed by atoms with van der Waals surface area (Å²) < 4.78 is 0. The third-order valence-corrected chi connectivity index (χ3v) is 6.32. The van der Waals surface area contributed by atoms with Crippen LogP contribution in [0.3, 0.4) is 0 Å². The van der Waals surface area contributed by atoms with E-state index in [0.717, 1.165) is 35.5 Å². The van der Waals surface area contributed by atoms with Crippen molar-refractivity contribution >= 4 is 0 Å². The molecule has 0 aromatic heterocycles. The normalized spacial score (nSPS) is 56.8. The third kappa shape index (κ3) is 1.26. The summed E-state index contributed by atoms with van der Waals surface area (Å²) in [6.45, 7) is 10.1. The van der Waals surface area contributed by atoms with E-state index in [9.17, 15) is 0 Å². The minimum Gasteiger partial charge on any atom is -0.0622 e. The predicted octanol–water partition coefficient (Wildman–Crippen LogP) is 4.35. The highest BCUT2D eigenvalue weighted by atomic mass is 14.7. The van der Waals surface area contributed by atoms with Crippen molar-refractivity contribution in [2.24, 2.45) is 40.9 Å². The molecule has 15 heavy (non-hydrogen) atoms. The topological polar surface area (TPSA) is 0 Å². The molecule has 3 aliphatic rings. The van der Waals surface area contributed by atoms with Crippen LogP contribution >= 0.6 is 0 Å². The summed E-state index contributed by atoms with van der Waals surface area (Å²) >= 11 is 0. The summed E-state index contributed by atoms with van der Waals surface area (Å²) in [5.74, 6) is 6.37. The molecular formula is C15H26. The van der Waals surface area contributed by atoms with Crippen molar-refractivity contribution in [1.82, 2.24) is 0 Å². The van der Waals surface area contributed by atoms with Gasteiger partial charge in [0.2, 0.25) is 0 Å². The lowest BCUT2D eigenvalue weighted by Crippen LogP contribution is -2.22. The molecule has 0 amide bonds. The SMILES string of the molecule is CC1CCC2C1[C@@H]1[C@@H](CC[C@@H]2C)C1(C)C. The van der Waals surface area contributed by atoms with Gasteiger partial charge in [-0.15, -0.1) is 0 Å². The van der Waals surface area contributed by atoms with E-state index in [1.165, 1.54) is 25.7 Å². The lowest BCUT2D eigenvalue weighted by molar-refractivity contribution is 0.202. The Hall–Kier alpha value is 0. The first kappa shape index (κ1) is 10.2. The summed E-state index contributed by atoms with van der Waals surface area (Å²) in [5.41, 5.74) is 0.696.